The van der Waals surface area contributed by atoms with Crippen molar-refractivity contribution >= 4 is 11.7 Å². The average molecular weight is 450 g/mol. The molecule has 2 aromatic carbocycles. The van der Waals surface area contributed by atoms with Gasteiger partial charge < -0.3 is 10.1 Å². The third-order valence-electron chi connectivity index (χ3n) is 5.47. The number of rotatable bonds is 10. The summed E-state index contributed by atoms with van der Waals surface area (Å²) in [4.78, 5) is 12.9. The lowest BCUT2D eigenvalue weighted by Crippen LogP contribution is -2.33. The predicted octanol–water partition coefficient (Wildman–Crippen LogP) is 6.83. The Hall–Kier alpha value is -2.50. The summed E-state index contributed by atoms with van der Waals surface area (Å²) in [7, 11) is 0. The fourth-order valence-electron chi connectivity index (χ4n) is 3.67. The number of benzene rings is 2. The lowest BCUT2D eigenvalue weighted by Gasteiger charge is -2.28. The molecule has 3 nitrogen and oxygen atoms in total. The summed E-state index contributed by atoms with van der Waals surface area (Å²) in [5, 5.41) is 3.40. The van der Waals surface area contributed by atoms with E-state index in [1.54, 1.807) is 20.8 Å². The van der Waals surface area contributed by atoms with Gasteiger partial charge in [-0.25, -0.2) is 13.2 Å². The molecule has 6 heteroatoms. The summed E-state index contributed by atoms with van der Waals surface area (Å²) in [6.45, 7) is 9.98. The standard InChI is InChI=1S/C26H34F3NO2/c1-17(10-8-9-13-30-24-12-7-6-11-18(24)2)20(25(31)32-26(3,4)5)16-21-22(28)14-19(27)15-23(21)29/h6-7,11-12,14-15,17,20,30H,8-10,13,16H2,1-5H3. The van der Waals surface area contributed by atoms with Gasteiger partial charge in [0.1, 0.15) is 23.1 Å². The van der Waals surface area contributed by atoms with Crippen LogP contribution in [0.1, 0.15) is 58.1 Å². The van der Waals surface area contributed by atoms with Crippen molar-refractivity contribution in [2.24, 2.45) is 11.8 Å². The zero-order valence-corrected chi connectivity index (χ0v) is 19.6. The van der Waals surface area contributed by atoms with Crippen molar-refractivity contribution in [2.75, 3.05) is 11.9 Å². The Labute approximate surface area is 189 Å². The van der Waals surface area contributed by atoms with E-state index in [0.29, 0.717) is 18.6 Å². The maximum Gasteiger partial charge on any atom is 0.310 e. The van der Waals surface area contributed by atoms with E-state index in [1.165, 1.54) is 5.56 Å². The second-order valence-electron chi connectivity index (χ2n) is 9.41. The topological polar surface area (TPSA) is 38.3 Å². The quantitative estimate of drug-likeness (QED) is 0.319. The third-order valence-corrected chi connectivity index (χ3v) is 5.47. The van der Waals surface area contributed by atoms with E-state index < -0.39 is 34.9 Å². The van der Waals surface area contributed by atoms with E-state index in [4.69, 9.17) is 4.74 Å². The Balaban J connectivity index is 2.01. The van der Waals surface area contributed by atoms with Crippen LogP contribution in [0.4, 0.5) is 18.9 Å². The number of halogens is 3. The first-order valence-electron chi connectivity index (χ1n) is 11.1. The molecule has 1 N–H and O–H groups in total. The van der Waals surface area contributed by atoms with Gasteiger partial charge in [0.2, 0.25) is 0 Å². The smallest absolute Gasteiger partial charge is 0.310 e. The van der Waals surface area contributed by atoms with Gasteiger partial charge in [0.25, 0.3) is 0 Å². The molecular weight excluding hydrogens is 415 g/mol. The van der Waals surface area contributed by atoms with Crippen molar-refractivity contribution in [1.29, 1.82) is 0 Å². The highest BCUT2D eigenvalue weighted by molar-refractivity contribution is 5.73. The monoisotopic (exact) mass is 449 g/mol. The predicted molar refractivity (Wildman–Crippen MR) is 122 cm³/mol. The first kappa shape index (κ1) is 25.8. The van der Waals surface area contributed by atoms with Crippen LogP contribution < -0.4 is 5.32 Å². The molecular formula is C26H34F3NO2. The van der Waals surface area contributed by atoms with Crippen LogP contribution in [0.25, 0.3) is 0 Å². The molecule has 2 unspecified atom stereocenters. The van der Waals surface area contributed by atoms with Crippen LogP contribution >= 0.6 is 0 Å². The van der Waals surface area contributed by atoms with E-state index in [2.05, 4.69) is 5.32 Å². The number of para-hydroxylation sites is 1. The fourth-order valence-corrected chi connectivity index (χ4v) is 3.67. The Bertz CT molecular complexity index is 885. The SMILES string of the molecule is Cc1ccccc1NCCCCC(C)C(Cc1c(F)cc(F)cc1F)C(=O)OC(C)(C)C. The first-order chi connectivity index (χ1) is 15.0. The molecule has 0 aromatic heterocycles. The largest absolute Gasteiger partial charge is 0.460 e. The minimum atomic E-state index is -0.981. The Morgan fingerprint density at radius 2 is 1.69 bits per heavy atom. The number of aryl methyl sites for hydroxylation is 1. The molecule has 0 heterocycles. The summed E-state index contributed by atoms with van der Waals surface area (Å²) in [6, 6.07) is 9.34. The number of carbonyl (C=O) groups excluding carboxylic acids is 1. The fraction of sp³-hybridized carbons (Fsp3) is 0.500. The summed E-state index contributed by atoms with van der Waals surface area (Å²) in [5.74, 6) is -4.32. The molecule has 0 saturated heterocycles. The summed E-state index contributed by atoms with van der Waals surface area (Å²) < 4.78 is 47.3. The molecule has 0 amide bonds. The maximum atomic E-state index is 14.2. The Morgan fingerprint density at radius 3 is 2.28 bits per heavy atom. The van der Waals surface area contributed by atoms with Crippen LogP contribution in [-0.2, 0) is 16.0 Å². The highest BCUT2D eigenvalue weighted by Gasteiger charge is 2.31. The number of anilines is 1. The number of nitrogens with one attached hydrogen (secondary N) is 1. The number of carbonyl (C=O) groups is 1. The van der Waals surface area contributed by atoms with Gasteiger partial charge in [0, 0.05) is 29.9 Å². The van der Waals surface area contributed by atoms with E-state index in [1.807, 2.05) is 38.1 Å². The van der Waals surface area contributed by atoms with Crippen LogP contribution in [0.2, 0.25) is 0 Å². The molecule has 32 heavy (non-hydrogen) atoms. The molecule has 2 aromatic rings. The van der Waals surface area contributed by atoms with E-state index >= 15 is 0 Å². The zero-order valence-electron chi connectivity index (χ0n) is 19.6. The van der Waals surface area contributed by atoms with E-state index in [9.17, 15) is 18.0 Å². The molecule has 0 aliphatic rings. The van der Waals surface area contributed by atoms with Crippen LogP contribution in [0.3, 0.4) is 0 Å². The van der Waals surface area contributed by atoms with Gasteiger partial charge in [-0.15, -0.1) is 0 Å². The normalized spacial score (nSPS) is 13.5. The van der Waals surface area contributed by atoms with Crippen molar-refractivity contribution in [3.05, 3.63) is 65.0 Å². The zero-order chi connectivity index (χ0) is 23.9. The molecule has 0 aliphatic carbocycles. The van der Waals surface area contributed by atoms with Gasteiger partial charge >= 0.3 is 5.97 Å². The van der Waals surface area contributed by atoms with Crippen molar-refractivity contribution in [1.82, 2.24) is 0 Å². The van der Waals surface area contributed by atoms with Crippen LogP contribution in [-0.4, -0.2) is 18.1 Å². The van der Waals surface area contributed by atoms with Crippen molar-refractivity contribution < 1.29 is 22.7 Å². The molecule has 2 atom stereocenters. The highest BCUT2D eigenvalue weighted by atomic mass is 19.1. The second-order valence-corrected chi connectivity index (χ2v) is 9.41. The molecule has 0 aliphatic heterocycles. The average Bonchev–Trinajstić information content (AvgIpc) is 2.66. The summed E-state index contributed by atoms with van der Waals surface area (Å²) in [6.07, 6.45) is 2.26. The molecule has 0 radical (unpaired) electrons. The van der Waals surface area contributed by atoms with Gasteiger partial charge in [-0.1, -0.05) is 31.5 Å². The van der Waals surface area contributed by atoms with Crippen LogP contribution in [0, 0.1) is 36.2 Å². The number of esters is 1. The molecule has 0 bridgehead atoms. The number of hydrogen-bond donors (Lipinski definition) is 1. The second kappa shape index (κ2) is 11.4. The summed E-state index contributed by atoms with van der Waals surface area (Å²) in [5.41, 5.74) is 1.27. The van der Waals surface area contributed by atoms with Gasteiger partial charge in [-0.2, -0.15) is 0 Å². The van der Waals surface area contributed by atoms with Crippen molar-refractivity contribution in [3.63, 3.8) is 0 Å². The first-order valence-corrected chi connectivity index (χ1v) is 11.1. The van der Waals surface area contributed by atoms with Crippen LogP contribution in [0.5, 0.6) is 0 Å². The van der Waals surface area contributed by atoms with E-state index in [0.717, 1.165) is 25.1 Å². The Morgan fingerprint density at radius 1 is 1.06 bits per heavy atom. The number of ether oxygens (including phenoxy) is 1. The van der Waals surface area contributed by atoms with Crippen molar-refractivity contribution in [3.8, 4) is 0 Å². The Kier molecular flexibility index (Phi) is 9.17. The minimum Gasteiger partial charge on any atom is -0.460 e. The number of hydrogen-bond acceptors (Lipinski definition) is 3. The van der Waals surface area contributed by atoms with Gasteiger partial charge in [0.15, 0.2) is 0 Å². The summed E-state index contributed by atoms with van der Waals surface area (Å²) >= 11 is 0. The van der Waals surface area contributed by atoms with Gasteiger partial charge in [0.05, 0.1) is 5.92 Å². The van der Waals surface area contributed by atoms with Crippen LogP contribution in [0.15, 0.2) is 36.4 Å². The molecule has 0 saturated carbocycles. The highest BCUT2D eigenvalue weighted by Crippen LogP contribution is 2.28. The number of unbranched alkanes of at least 4 members (excludes halogenated alkanes) is 1. The lowest BCUT2D eigenvalue weighted by atomic mass is 9.84. The maximum absolute atomic E-state index is 14.2. The van der Waals surface area contributed by atoms with Crippen molar-refractivity contribution in [2.45, 2.75) is 65.9 Å². The molecule has 2 rings (SSSR count). The third kappa shape index (κ3) is 7.88. The van der Waals surface area contributed by atoms with Gasteiger partial charge in [-0.3, -0.25) is 4.79 Å². The molecule has 176 valence electrons. The lowest BCUT2D eigenvalue weighted by molar-refractivity contribution is -0.162. The van der Waals surface area contributed by atoms with E-state index in [-0.39, 0.29) is 17.9 Å². The minimum absolute atomic E-state index is 0.160. The molecule has 0 spiro atoms. The van der Waals surface area contributed by atoms with Gasteiger partial charge in [-0.05, 0) is 64.5 Å². The molecule has 0 fully saturated rings.